The minimum Gasteiger partial charge on any atom is -0.381 e. The normalized spacial score (nSPS) is 14.4. The monoisotopic (exact) mass is 448 g/mol. The highest BCUT2D eigenvalue weighted by Gasteiger charge is 2.33. The van der Waals surface area contributed by atoms with E-state index in [0.717, 1.165) is 12.3 Å². The highest BCUT2D eigenvalue weighted by molar-refractivity contribution is 5.98. The Morgan fingerprint density at radius 2 is 1.88 bits per heavy atom. The number of methoxy groups -OCH3 is 1. The van der Waals surface area contributed by atoms with Crippen molar-refractivity contribution in [2.45, 2.75) is 51.9 Å². The molecule has 1 amide bonds. The summed E-state index contributed by atoms with van der Waals surface area (Å²) in [4.78, 5) is 32.9. The number of amides is 1. The number of hydrogen-bond donors (Lipinski definition) is 0. The van der Waals surface area contributed by atoms with Crippen LogP contribution in [-0.4, -0.2) is 49.8 Å². The van der Waals surface area contributed by atoms with Crippen LogP contribution >= 0.6 is 0 Å². The molecule has 0 saturated carbocycles. The van der Waals surface area contributed by atoms with Gasteiger partial charge in [0.25, 0.3) is 5.91 Å². The lowest BCUT2D eigenvalue weighted by Gasteiger charge is -2.21. The van der Waals surface area contributed by atoms with Crippen molar-refractivity contribution in [2.75, 3.05) is 7.11 Å². The van der Waals surface area contributed by atoms with Crippen LogP contribution in [-0.2, 0) is 10.9 Å². The number of fused-ring (bicyclic) bond motifs is 1. The molecular weight excluding hydrogens is 425 g/mol. The van der Waals surface area contributed by atoms with Crippen molar-refractivity contribution in [3.63, 3.8) is 0 Å². The average Bonchev–Trinajstić information content (AvgIpc) is 3.12. The van der Waals surface area contributed by atoms with E-state index < -0.39 is 29.7 Å². The summed E-state index contributed by atoms with van der Waals surface area (Å²) in [5.41, 5.74) is 0.252. The van der Waals surface area contributed by atoms with Crippen LogP contribution in [0.1, 0.15) is 60.3 Å². The second kappa shape index (κ2) is 9.11. The molecule has 3 aromatic heterocycles. The van der Waals surface area contributed by atoms with Crippen LogP contribution in [0.15, 0.2) is 29.6 Å². The van der Waals surface area contributed by atoms with E-state index in [1.807, 2.05) is 13.8 Å². The third kappa shape index (κ3) is 4.82. The van der Waals surface area contributed by atoms with Crippen LogP contribution in [0, 0.1) is 6.92 Å². The highest BCUT2D eigenvalue weighted by Crippen LogP contribution is 2.33. The van der Waals surface area contributed by atoms with Crippen LogP contribution in [0.2, 0.25) is 0 Å². The van der Waals surface area contributed by atoms with E-state index in [0.29, 0.717) is 17.2 Å². The number of alkyl halides is 3. The fourth-order valence-electron chi connectivity index (χ4n) is 3.16. The zero-order chi connectivity index (χ0) is 23.6. The van der Waals surface area contributed by atoms with Crippen molar-refractivity contribution in [3.8, 4) is 0 Å². The van der Waals surface area contributed by atoms with Gasteiger partial charge in [-0.25, -0.2) is 19.9 Å². The van der Waals surface area contributed by atoms with Crippen molar-refractivity contribution in [2.24, 2.45) is 4.99 Å². The maximum absolute atomic E-state index is 13.2. The second-order valence-electron chi connectivity index (χ2n) is 7.59. The van der Waals surface area contributed by atoms with Crippen LogP contribution in [0.3, 0.4) is 0 Å². The molecule has 0 aliphatic rings. The van der Waals surface area contributed by atoms with E-state index >= 15 is 0 Å². The fraction of sp³-hybridized carbons (Fsp3) is 0.429. The largest absolute Gasteiger partial charge is 0.417 e. The number of ether oxygens (including phenoxy) is 1. The molecule has 3 heterocycles. The first-order valence-electron chi connectivity index (χ1n) is 9.88. The van der Waals surface area contributed by atoms with Crippen LogP contribution in [0.4, 0.5) is 13.2 Å². The first kappa shape index (κ1) is 23.5. The molecule has 8 nitrogen and oxygen atoms in total. The number of imidazole rings is 1. The van der Waals surface area contributed by atoms with Gasteiger partial charge in [0.15, 0.2) is 5.65 Å². The summed E-state index contributed by atoms with van der Waals surface area (Å²) >= 11 is 0. The molecule has 1 unspecified atom stereocenters. The molecule has 11 heteroatoms. The van der Waals surface area contributed by atoms with E-state index in [1.54, 1.807) is 18.4 Å². The number of carbonyl (C=O) groups is 1. The highest BCUT2D eigenvalue weighted by atomic mass is 19.4. The van der Waals surface area contributed by atoms with Crippen molar-refractivity contribution in [1.82, 2.24) is 24.5 Å². The summed E-state index contributed by atoms with van der Waals surface area (Å²) < 4.78 is 46.6. The van der Waals surface area contributed by atoms with Crippen LogP contribution in [0.5, 0.6) is 0 Å². The molecule has 0 aromatic carbocycles. The molecule has 2 atom stereocenters. The molecule has 0 aliphatic heterocycles. The van der Waals surface area contributed by atoms with Gasteiger partial charge in [-0.2, -0.15) is 13.2 Å². The smallest absolute Gasteiger partial charge is 0.381 e. The Kier molecular flexibility index (Phi) is 6.68. The molecule has 0 N–H and O–H groups in total. The predicted octanol–water partition coefficient (Wildman–Crippen LogP) is 4.16. The van der Waals surface area contributed by atoms with Gasteiger partial charge in [0.05, 0.1) is 29.5 Å². The lowest BCUT2D eigenvalue weighted by molar-refractivity contribution is -0.137. The van der Waals surface area contributed by atoms with Gasteiger partial charge in [-0.3, -0.25) is 9.78 Å². The standard InChI is InChI=1S/C21H23F3N6O2/c1-11(2)30-18(29-16-6-14(21(22,23)24)8-27-19(16)30)15(13(4)32-5)9-28-20(31)17-10-25-12(3)7-26-17/h6-11,13,15H,1-5H3/t13-,15?/m1/s1. The first-order chi connectivity index (χ1) is 15.0. The maximum Gasteiger partial charge on any atom is 0.417 e. The number of nitrogens with zero attached hydrogens (tertiary/aromatic N) is 6. The Hall–Kier alpha value is -3.21. The number of carbonyl (C=O) groups excluding carboxylic acids is 1. The molecule has 170 valence electrons. The molecule has 0 radical (unpaired) electrons. The minimum atomic E-state index is -4.54. The van der Waals surface area contributed by atoms with Gasteiger partial charge in [0.2, 0.25) is 0 Å². The van der Waals surface area contributed by atoms with Gasteiger partial charge in [0.1, 0.15) is 17.0 Å². The second-order valence-corrected chi connectivity index (χ2v) is 7.59. The fourth-order valence-corrected chi connectivity index (χ4v) is 3.16. The van der Waals surface area contributed by atoms with Gasteiger partial charge >= 0.3 is 6.18 Å². The van der Waals surface area contributed by atoms with Gasteiger partial charge in [0, 0.05) is 31.8 Å². The minimum absolute atomic E-state index is 0.0736. The third-order valence-corrected chi connectivity index (χ3v) is 4.93. The van der Waals surface area contributed by atoms with Crippen molar-refractivity contribution >= 4 is 23.3 Å². The molecule has 0 bridgehead atoms. The Morgan fingerprint density at radius 1 is 1.16 bits per heavy atom. The summed E-state index contributed by atoms with van der Waals surface area (Å²) in [6, 6.07) is 0.793. The summed E-state index contributed by atoms with van der Waals surface area (Å²) in [5.74, 6) is -0.841. The lowest BCUT2D eigenvalue weighted by atomic mass is 10.0. The van der Waals surface area contributed by atoms with Crippen LogP contribution in [0.25, 0.3) is 11.2 Å². The van der Waals surface area contributed by atoms with Gasteiger partial charge in [-0.15, -0.1) is 0 Å². The average molecular weight is 448 g/mol. The van der Waals surface area contributed by atoms with Gasteiger partial charge < -0.3 is 9.30 Å². The zero-order valence-corrected chi connectivity index (χ0v) is 18.3. The van der Waals surface area contributed by atoms with Crippen molar-refractivity contribution in [1.29, 1.82) is 0 Å². The molecule has 32 heavy (non-hydrogen) atoms. The Morgan fingerprint density at radius 3 is 2.44 bits per heavy atom. The Labute approximate surface area is 182 Å². The molecular formula is C21H23F3N6O2. The summed E-state index contributed by atoms with van der Waals surface area (Å²) in [5, 5.41) is 0. The van der Waals surface area contributed by atoms with E-state index in [1.165, 1.54) is 25.7 Å². The molecule has 0 fully saturated rings. The number of pyridine rings is 1. The van der Waals surface area contributed by atoms with Crippen molar-refractivity contribution < 1.29 is 22.7 Å². The quantitative estimate of drug-likeness (QED) is 0.526. The molecule has 3 aromatic rings. The predicted molar refractivity (Wildman–Crippen MR) is 112 cm³/mol. The first-order valence-corrected chi connectivity index (χ1v) is 9.88. The Balaban J connectivity index is 2.08. The summed E-state index contributed by atoms with van der Waals surface area (Å²) in [6.07, 6.45) is -0.0640. The summed E-state index contributed by atoms with van der Waals surface area (Å²) in [7, 11) is 1.49. The van der Waals surface area contributed by atoms with Gasteiger partial charge in [-0.05, 0) is 33.8 Å². The molecule has 0 spiro atoms. The number of aromatic nitrogens is 5. The summed E-state index contributed by atoms with van der Waals surface area (Å²) in [6.45, 7) is 7.23. The van der Waals surface area contributed by atoms with E-state index in [4.69, 9.17) is 4.74 Å². The number of aryl methyl sites for hydroxylation is 1. The maximum atomic E-state index is 13.2. The zero-order valence-electron chi connectivity index (χ0n) is 18.3. The third-order valence-electron chi connectivity index (χ3n) is 4.93. The number of rotatable bonds is 6. The number of aliphatic imine (C=N–C) groups is 1. The lowest BCUT2D eigenvalue weighted by Crippen LogP contribution is -2.24. The van der Waals surface area contributed by atoms with E-state index in [-0.39, 0.29) is 17.3 Å². The van der Waals surface area contributed by atoms with Crippen molar-refractivity contribution in [3.05, 3.63) is 47.4 Å². The van der Waals surface area contributed by atoms with Gasteiger partial charge in [-0.1, -0.05) is 0 Å². The van der Waals surface area contributed by atoms with E-state index in [9.17, 15) is 18.0 Å². The van der Waals surface area contributed by atoms with E-state index in [2.05, 4.69) is 24.9 Å². The molecule has 0 aliphatic carbocycles. The topological polar surface area (TPSA) is 95.2 Å². The molecule has 3 rings (SSSR count). The number of hydrogen-bond acceptors (Lipinski definition) is 6. The SMILES string of the molecule is CO[C@H](C)C(C=NC(=O)c1cnc(C)cn1)c1nc2cc(C(F)(F)F)cnc2n1C(C)C. The molecule has 0 saturated heterocycles. The van der Waals surface area contributed by atoms with Crippen LogP contribution < -0.4 is 0 Å². The number of halogens is 3. The Bertz CT molecular complexity index is 1140.